The highest BCUT2D eigenvalue weighted by atomic mass is 14.3. The van der Waals surface area contributed by atoms with Crippen LogP contribution in [0.3, 0.4) is 0 Å². The molecule has 6 heavy (non-hydrogen) atoms. The van der Waals surface area contributed by atoms with Crippen molar-refractivity contribution in [1.29, 1.82) is 10.8 Å². The maximum atomic E-state index is 6.21. The van der Waals surface area contributed by atoms with Crippen molar-refractivity contribution < 1.29 is 0 Å². The average molecular weight is 84.1 g/mol. The smallest absolute Gasteiger partial charge is 0.0171 e. The number of allylic oxidation sites excluding steroid dienone is 1. The third-order valence-electron chi connectivity index (χ3n) is 0.118. The van der Waals surface area contributed by atoms with Crippen LogP contribution in [0.2, 0.25) is 0 Å². The van der Waals surface area contributed by atoms with Crippen LogP contribution < -0.4 is 0 Å². The Kier molecular flexibility index (Phi) is 49.3. The predicted molar refractivity (Wildman–Crippen MR) is 28.8 cm³/mol. The van der Waals surface area contributed by atoms with Gasteiger partial charge in [0.05, 0.1) is 0 Å². The molecule has 0 saturated heterocycles. The molecule has 0 rings (SSSR count). The maximum Gasteiger partial charge on any atom is 0.0171 e. The number of nitrogens with one attached hydrogen (secondary N) is 2. The van der Waals surface area contributed by atoms with E-state index in [1.807, 2.05) is 0 Å². The van der Waals surface area contributed by atoms with Gasteiger partial charge in [0, 0.05) is 6.21 Å². The molecule has 0 aliphatic carbocycles. The first-order valence-electron chi connectivity index (χ1n) is 1.38. The molecule has 0 aromatic rings. The molecule has 0 aliphatic rings. The lowest BCUT2D eigenvalue weighted by Crippen LogP contribution is -1.41. The van der Waals surface area contributed by atoms with Crippen LogP contribution in [0, 0.1) is 10.8 Å². The van der Waals surface area contributed by atoms with Gasteiger partial charge in [-0.1, -0.05) is 12.7 Å². The van der Waals surface area contributed by atoms with Crippen molar-refractivity contribution in [3.8, 4) is 0 Å². The van der Waals surface area contributed by atoms with E-state index in [0.717, 1.165) is 6.21 Å². The lowest BCUT2D eigenvalue weighted by atomic mass is 10.7. The van der Waals surface area contributed by atoms with Gasteiger partial charge in [-0.2, -0.15) is 0 Å². The Morgan fingerprint density at radius 2 is 1.50 bits per heavy atom. The van der Waals surface area contributed by atoms with Crippen molar-refractivity contribution in [2.45, 2.75) is 0 Å². The molecule has 2 heteroatoms. The van der Waals surface area contributed by atoms with Crippen molar-refractivity contribution in [2.75, 3.05) is 0 Å². The summed E-state index contributed by atoms with van der Waals surface area (Å²) < 4.78 is 0. The van der Waals surface area contributed by atoms with E-state index in [2.05, 4.69) is 13.3 Å². The van der Waals surface area contributed by atoms with E-state index >= 15 is 0 Å². The molecule has 2 N–H and O–H groups in total. The molecule has 0 bridgehead atoms. The van der Waals surface area contributed by atoms with Crippen LogP contribution in [-0.4, -0.2) is 12.9 Å². The van der Waals surface area contributed by atoms with Crippen molar-refractivity contribution >= 4 is 12.9 Å². The first-order chi connectivity index (χ1) is 2.91. The third-order valence-corrected chi connectivity index (χ3v) is 0.118. The van der Waals surface area contributed by atoms with Crippen LogP contribution in [0.5, 0.6) is 0 Å². The average Bonchev–Trinajstić information content (AvgIpc) is 1.72. The van der Waals surface area contributed by atoms with Gasteiger partial charge in [0.25, 0.3) is 0 Å². The fraction of sp³-hybridized carbons (Fsp3) is 0. The van der Waals surface area contributed by atoms with E-state index in [-0.39, 0.29) is 0 Å². The van der Waals surface area contributed by atoms with Crippen molar-refractivity contribution in [2.24, 2.45) is 0 Å². The van der Waals surface area contributed by atoms with E-state index in [1.54, 1.807) is 0 Å². The van der Waals surface area contributed by atoms with E-state index in [0.29, 0.717) is 0 Å². The van der Waals surface area contributed by atoms with Crippen molar-refractivity contribution in [3.63, 3.8) is 0 Å². The lowest BCUT2D eigenvalue weighted by Gasteiger charge is -1.43. The molecule has 0 unspecified atom stereocenters. The van der Waals surface area contributed by atoms with E-state index in [1.165, 1.54) is 6.08 Å². The molecule has 0 aromatic carbocycles. The maximum absolute atomic E-state index is 6.21. The van der Waals surface area contributed by atoms with Crippen LogP contribution in [0.4, 0.5) is 0 Å². The van der Waals surface area contributed by atoms with Gasteiger partial charge >= 0.3 is 0 Å². The van der Waals surface area contributed by atoms with Crippen molar-refractivity contribution in [1.82, 2.24) is 0 Å². The Morgan fingerprint density at radius 1 is 1.33 bits per heavy atom. The summed E-state index contributed by atoms with van der Waals surface area (Å²) in [5.74, 6) is 0. The number of hydrogen-bond donors (Lipinski definition) is 2. The molecule has 0 fully saturated rings. The Labute approximate surface area is 37.5 Å². The van der Waals surface area contributed by atoms with E-state index in [9.17, 15) is 0 Å². The summed E-state index contributed by atoms with van der Waals surface area (Å²) in [6, 6.07) is 0. The zero-order valence-corrected chi connectivity index (χ0v) is 3.57. The van der Waals surface area contributed by atoms with Crippen LogP contribution >= 0.6 is 0 Å². The molecule has 2 nitrogen and oxygen atoms in total. The summed E-state index contributed by atoms with van der Waals surface area (Å²) in [7, 11) is 0. The number of rotatable bonds is 1. The molecule has 0 atom stereocenters. The van der Waals surface area contributed by atoms with Crippen molar-refractivity contribution in [3.05, 3.63) is 12.7 Å². The zero-order chi connectivity index (χ0) is 5.41. The van der Waals surface area contributed by atoms with Gasteiger partial charge < -0.3 is 10.8 Å². The van der Waals surface area contributed by atoms with Gasteiger partial charge in [-0.3, -0.25) is 0 Å². The van der Waals surface area contributed by atoms with Crippen LogP contribution in [0.25, 0.3) is 0 Å². The molecular formula is C4H8N2. The van der Waals surface area contributed by atoms with Gasteiger partial charge in [0.2, 0.25) is 0 Å². The van der Waals surface area contributed by atoms with Gasteiger partial charge in [-0.15, -0.1) is 0 Å². The molecule has 0 aromatic heterocycles. The first kappa shape index (κ1) is 8.91. The van der Waals surface area contributed by atoms with Crippen LogP contribution in [-0.2, 0) is 0 Å². The fourth-order valence-electron chi connectivity index (χ4n) is 0. The molecule has 0 radical (unpaired) electrons. The lowest BCUT2D eigenvalue weighted by molar-refractivity contribution is 1.58. The van der Waals surface area contributed by atoms with Gasteiger partial charge in [-0.05, 0) is 6.72 Å². The number of hydrogen-bond acceptors (Lipinski definition) is 2. The highest BCUT2D eigenvalue weighted by molar-refractivity contribution is 5.66. The molecule has 0 aliphatic heterocycles. The minimum atomic E-state index is 1.14. The van der Waals surface area contributed by atoms with Gasteiger partial charge in [0.1, 0.15) is 0 Å². The predicted octanol–water partition coefficient (Wildman–Crippen LogP) is 1.09. The largest absolute Gasteiger partial charge is 0.317 e. The summed E-state index contributed by atoms with van der Waals surface area (Å²) >= 11 is 0. The topological polar surface area (TPSA) is 47.7 Å². The monoisotopic (exact) mass is 84.1 g/mol. The summed E-state index contributed by atoms with van der Waals surface area (Å²) in [6.07, 6.45) is 2.56. The minimum absolute atomic E-state index is 1.14. The van der Waals surface area contributed by atoms with E-state index in [4.69, 9.17) is 10.8 Å². The summed E-state index contributed by atoms with van der Waals surface area (Å²) in [6.45, 7) is 5.74. The Bertz CT molecular complexity index is 34.8. The standard InChI is InChI=1S/C3H5N.CH3N/c1-2-3-4;1-2/h2-4H,1H2;2H,1H2. The van der Waals surface area contributed by atoms with E-state index < -0.39 is 0 Å². The second kappa shape index (κ2) is 33.2. The Hall–Kier alpha value is -0.920. The van der Waals surface area contributed by atoms with Gasteiger partial charge in [-0.25, -0.2) is 0 Å². The normalized spacial score (nSPS) is 4.00. The van der Waals surface area contributed by atoms with Crippen LogP contribution in [0.1, 0.15) is 0 Å². The second-order valence-electron chi connectivity index (χ2n) is 0.402. The quantitative estimate of drug-likeness (QED) is 0.447. The Morgan fingerprint density at radius 3 is 1.50 bits per heavy atom. The van der Waals surface area contributed by atoms with Gasteiger partial charge in [0.15, 0.2) is 0 Å². The molecule has 34 valence electrons. The third kappa shape index (κ3) is 2080. The molecule has 0 heterocycles. The molecule has 0 spiro atoms. The Balaban J connectivity index is 0. The molecular weight excluding hydrogens is 76.1 g/mol. The summed E-state index contributed by atoms with van der Waals surface area (Å²) in [4.78, 5) is 0. The fourth-order valence-corrected chi connectivity index (χ4v) is 0. The second-order valence-corrected chi connectivity index (χ2v) is 0.402. The first-order valence-corrected chi connectivity index (χ1v) is 1.38. The SMILES string of the molecule is C=CC=N.C=N. The highest BCUT2D eigenvalue weighted by Gasteiger charge is 1.31. The molecule has 0 saturated carbocycles. The minimum Gasteiger partial charge on any atom is -0.317 e. The molecule has 0 amide bonds. The van der Waals surface area contributed by atoms with Crippen LogP contribution in [0.15, 0.2) is 12.7 Å². The summed E-state index contributed by atoms with van der Waals surface area (Å²) in [5, 5.41) is 11.7. The highest BCUT2D eigenvalue weighted by Crippen LogP contribution is 1.37. The zero-order valence-electron chi connectivity index (χ0n) is 3.57. The summed E-state index contributed by atoms with van der Waals surface area (Å²) in [5.41, 5.74) is 0.